The molecule has 1 aromatic rings. The van der Waals surface area contributed by atoms with Crippen LogP contribution in [-0.2, 0) is 21.5 Å². The number of carboxylic acid groups (broad SMARTS) is 1. The minimum atomic E-state index is -3.55. The van der Waals surface area contributed by atoms with E-state index < -0.39 is 22.1 Å². The zero-order valence-electron chi connectivity index (χ0n) is 11.9. The molecule has 0 spiro atoms. The van der Waals surface area contributed by atoms with Gasteiger partial charge in [-0.1, -0.05) is 0 Å². The van der Waals surface area contributed by atoms with Crippen molar-refractivity contribution in [3.05, 3.63) is 18.0 Å². The molecule has 0 saturated carbocycles. The molecular weight excluding hydrogens is 296 g/mol. The number of nitrogens with zero attached hydrogens (tertiary/aromatic N) is 3. The highest BCUT2D eigenvalue weighted by Gasteiger charge is 2.30. The van der Waals surface area contributed by atoms with Crippen LogP contribution in [0.5, 0.6) is 0 Å². The van der Waals surface area contributed by atoms with Gasteiger partial charge in [-0.05, 0) is 25.3 Å². The SMILES string of the molecule is Cc1cnn(CCNS(=O)(=O)N2CCC(C(=O)O)CC2)c1. The largest absolute Gasteiger partial charge is 0.481 e. The highest BCUT2D eigenvalue weighted by Crippen LogP contribution is 2.18. The average Bonchev–Trinajstić information content (AvgIpc) is 2.84. The Balaban J connectivity index is 1.81. The molecule has 0 unspecified atom stereocenters. The normalized spacial score (nSPS) is 18.0. The first-order valence-corrected chi connectivity index (χ1v) is 8.29. The zero-order chi connectivity index (χ0) is 15.5. The minimum Gasteiger partial charge on any atom is -0.481 e. The molecule has 1 aromatic heterocycles. The molecule has 0 aliphatic carbocycles. The molecular formula is C12H20N4O4S. The van der Waals surface area contributed by atoms with Crippen LogP contribution >= 0.6 is 0 Å². The first-order valence-electron chi connectivity index (χ1n) is 6.85. The van der Waals surface area contributed by atoms with Gasteiger partial charge in [0.25, 0.3) is 10.2 Å². The minimum absolute atomic E-state index is 0.243. The Morgan fingerprint density at radius 1 is 1.48 bits per heavy atom. The molecule has 1 saturated heterocycles. The zero-order valence-corrected chi connectivity index (χ0v) is 12.7. The molecule has 1 aliphatic rings. The van der Waals surface area contributed by atoms with Crippen LogP contribution in [0.4, 0.5) is 0 Å². The lowest BCUT2D eigenvalue weighted by Gasteiger charge is -2.29. The van der Waals surface area contributed by atoms with E-state index >= 15 is 0 Å². The lowest BCUT2D eigenvalue weighted by atomic mass is 9.99. The highest BCUT2D eigenvalue weighted by molar-refractivity contribution is 7.87. The molecule has 1 aliphatic heterocycles. The van der Waals surface area contributed by atoms with Crippen molar-refractivity contribution in [2.75, 3.05) is 19.6 Å². The van der Waals surface area contributed by atoms with E-state index in [-0.39, 0.29) is 19.6 Å². The van der Waals surface area contributed by atoms with E-state index in [1.165, 1.54) is 4.31 Å². The smallest absolute Gasteiger partial charge is 0.306 e. The van der Waals surface area contributed by atoms with Gasteiger partial charge in [-0.25, -0.2) is 4.72 Å². The first-order chi connectivity index (χ1) is 9.88. The van der Waals surface area contributed by atoms with Gasteiger partial charge in [0.05, 0.1) is 18.7 Å². The van der Waals surface area contributed by atoms with Crippen LogP contribution in [0.25, 0.3) is 0 Å². The van der Waals surface area contributed by atoms with E-state index in [0.29, 0.717) is 19.4 Å². The number of carbonyl (C=O) groups is 1. The Bertz CT molecular complexity index is 590. The predicted molar refractivity (Wildman–Crippen MR) is 75.8 cm³/mol. The lowest BCUT2D eigenvalue weighted by molar-refractivity contribution is -0.142. The van der Waals surface area contributed by atoms with Crippen LogP contribution in [0.1, 0.15) is 18.4 Å². The fourth-order valence-electron chi connectivity index (χ4n) is 2.31. The summed E-state index contributed by atoms with van der Waals surface area (Å²) >= 11 is 0. The molecule has 0 radical (unpaired) electrons. The number of aromatic nitrogens is 2. The van der Waals surface area contributed by atoms with Crippen molar-refractivity contribution in [1.29, 1.82) is 0 Å². The van der Waals surface area contributed by atoms with E-state index in [0.717, 1.165) is 5.56 Å². The second-order valence-corrected chi connectivity index (χ2v) is 6.95. The number of nitrogens with one attached hydrogen (secondary N) is 1. The molecule has 0 amide bonds. The summed E-state index contributed by atoms with van der Waals surface area (Å²) in [4.78, 5) is 10.8. The maximum absolute atomic E-state index is 12.1. The van der Waals surface area contributed by atoms with Crippen LogP contribution < -0.4 is 4.72 Å². The molecule has 2 N–H and O–H groups in total. The predicted octanol–water partition coefficient (Wildman–Crippen LogP) is -0.177. The number of piperidine rings is 1. The Morgan fingerprint density at radius 3 is 2.67 bits per heavy atom. The fraction of sp³-hybridized carbons (Fsp3) is 0.667. The van der Waals surface area contributed by atoms with Gasteiger partial charge >= 0.3 is 5.97 Å². The van der Waals surface area contributed by atoms with Gasteiger partial charge in [0.15, 0.2) is 0 Å². The number of aliphatic carboxylic acids is 1. The number of rotatable bonds is 6. The van der Waals surface area contributed by atoms with Gasteiger partial charge < -0.3 is 5.11 Å². The molecule has 0 bridgehead atoms. The van der Waals surface area contributed by atoms with Crippen molar-refractivity contribution in [3.63, 3.8) is 0 Å². The van der Waals surface area contributed by atoms with E-state index in [1.807, 2.05) is 13.1 Å². The molecule has 118 valence electrons. The monoisotopic (exact) mass is 316 g/mol. The van der Waals surface area contributed by atoms with Gasteiger partial charge in [-0.3, -0.25) is 9.48 Å². The Morgan fingerprint density at radius 2 is 2.14 bits per heavy atom. The third-order valence-corrected chi connectivity index (χ3v) is 5.14. The van der Waals surface area contributed by atoms with Crippen molar-refractivity contribution in [2.45, 2.75) is 26.3 Å². The second kappa shape index (κ2) is 6.54. The molecule has 8 nitrogen and oxygen atoms in total. The summed E-state index contributed by atoms with van der Waals surface area (Å²) in [5.41, 5.74) is 1.02. The summed E-state index contributed by atoms with van der Waals surface area (Å²) in [5.74, 6) is -1.29. The summed E-state index contributed by atoms with van der Waals surface area (Å²) in [7, 11) is -3.55. The van der Waals surface area contributed by atoms with E-state index in [4.69, 9.17) is 5.11 Å². The molecule has 9 heteroatoms. The third-order valence-electron chi connectivity index (χ3n) is 3.53. The maximum atomic E-state index is 12.1. The number of hydrogen-bond acceptors (Lipinski definition) is 4. The highest BCUT2D eigenvalue weighted by atomic mass is 32.2. The van der Waals surface area contributed by atoms with Crippen LogP contribution in [0, 0.1) is 12.8 Å². The molecule has 1 fully saturated rings. The summed E-state index contributed by atoms with van der Waals surface area (Å²) in [6.45, 7) is 3.11. The lowest BCUT2D eigenvalue weighted by Crippen LogP contribution is -2.46. The Kier molecular flexibility index (Phi) is 4.96. The first kappa shape index (κ1) is 15.9. The van der Waals surface area contributed by atoms with Crippen molar-refractivity contribution in [2.24, 2.45) is 5.92 Å². The Labute approximate surface area is 123 Å². The average molecular weight is 316 g/mol. The number of hydrogen-bond donors (Lipinski definition) is 2. The van der Waals surface area contributed by atoms with Crippen LogP contribution in [-0.4, -0.2) is 53.2 Å². The van der Waals surface area contributed by atoms with Gasteiger partial charge in [-0.15, -0.1) is 0 Å². The van der Waals surface area contributed by atoms with Gasteiger partial charge in [0, 0.05) is 25.8 Å². The van der Waals surface area contributed by atoms with E-state index in [9.17, 15) is 13.2 Å². The summed E-state index contributed by atoms with van der Waals surface area (Å²) in [6.07, 6.45) is 4.26. The van der Waals surface area contributed by atoms with Crippen molar-refractivity contribution < 1.29 is 18.3 Å². The molecule has 21 heavy (non-hydrogen) atoms. The second-order valence-electron chi connectivity index (χ2n) is 5.19. The van der Waals surface area contributed by atoms with Crippen LogP contribution in [0.3, 0.4) is 0 Å². The van der Waals surface area contributed by atoms with E-state index in [2.05, 4.69) is 9.82 Å². The van der Waals surface area contributed by atoms with Crippen LogP contribution in [0.15, 0.2) is 12.4 Å². The standard InChI is InChI=1S/C12H20N4O4S/c1-10-8-13-15(9-10)7-4-14-21(19,20)16-5-2-11(3-6-16)12(17)18/h8-9,11,14H,2-7H2,1H3,(H,17,18). The molecule has 2 heterocycles. The quantitative estimate of drug-likeness (QED) is 0.758. The summed E-state index contributed by atoms with van der Waals surface area (Å²) < 4.78 is 29.7. The van der Waals surface area contributed by atoms with Gasteiger partial charge in [0.2, 0.25) is 0 Å². The molecule has 0 atom stereocenters. The number of carboxylic acids is 1. The summed E-state index contributed by atoms with van der Waals surface area (Å²) in [6, 6.07) is 0. The fourth-order valence-corrected chi connectivity index (χ4v) is 3.54. The molecule has 0 aromatic carbocycles. The topological polar surface area (TPSA) is 105 Å². The van der Waals surface area contributed by atoms with Gasteiger partial charge in [0.1, 0.15) is 0 Å². The third kappa shape index (κ3) is 4.26. The van der Waals surface area contributed by atoms with Crippen LogP contribution in [0.2, 0.25) is 0 Å². The van der Waals surface area contributed by atoms with Gasteiger partial charge in [-0.2, -0.15) is 17.8 Å². The summed E-state index contributed by atoms with van der Waals surface area (Å²) in [5, 5.41) is 13.0. The van der Waals surface area contributed by atoms with Crippen molar-refractivity contribution >= 4 is 16.2 Å². The maximum Gasteiger partial charge on any atom is 0.306 e. The van der Waals surface area contributed by atoms with Crippen molar-refractivity contribution in [1.82, 2.24) is 18.8 Å². The Hall–Kier alpha value is -1.45. The number of aryl methyl sites for hydroxylation is 1. The molecule has 2 rings (SSSR count). The van der Waals surface area contributed by atoms with E-state index in [1.54, 1.807) is 10.9 Å². The van der Waals surface area contributed by atoms with Crippen molar-refractivity contribution in [3.8, 4) is 0 Å².